The zero-order valence-corrected chi connectivity index (χ0v) is 14.3. The fourth-order valence-electron chi connectivity index (χ4n) is 2.26. The third-order valence-corrected chi connectivity index (χ3v) is 4.04. The number of halogens is 1. The molecule has 0 aliphatic rings. The van der Waals surface area contributed by atoms with Crippen LogP contribution in [0.4, 0.5) is 9.52 Å². The van der Waals surface area contributed by atoms with E-state index in [1.807, 2.05) is 0 Å². The van der Waals surface area contributed by atoms with Crippen molar-refractivity contribution in [2.75, 3.05) is 5.32 Å². The summed E-state index contributed by atoms with van der Waals surface area (Å²) in [4.78, 5) is 27.6. The second kappa shape index (κ2) is 6.94. The predicted octanol–water partition coefficient (Wildman–Crippen LogP) is 3.63. The molecule has 0 radical (unpaired) electrons. The number of ketones is 1. The van der Waals surface area contributed by atoms with Gasteiger partial charge in [-0.2, -0.15) is 4.37 Å². The molecule has 1 aromatic carbocycles. The molecule has 1 N–H and O–H groups in total. The number of carbonyl (C=O) groups is 2. The van der Waals surface area contributed by atoms with Crippen molar-refractivity contribution in [3.63, 3.8) is 0 Å². The van der Waals surface area contributed by atoms with Crippen LogP contribution in [0.15, 0.2) is 34.7 Å². The van der Waals surface area contributed by atoms with E-state index in [0.717, 1.165) is 11.5 Å². The maximum absolute atomic E-state index is 13.3. The molecule has 0 atom stereocenters. The summed E-state index contributed by atoms with van der Waals surface area (Å²) in [5.74, 6) is 0.332. The third kappa shape index (κ3) is 3.97. The van der Waals surface area contributed by atoms with Crippen LogP contribution >= 0.6 is 11.5 Å². The lowest BCUT2D eigenvalue weighted by Gasteiger charge is -1.98. The largest absolute Gasteiger partial charge is 0.461 e. The summed E-state index contributed by atoms with van der Waals surface area (Å²) in [6, 6.07) is 7.48. The van der Waals surface area contributed by atoms with Crippen LogP contribution in [-0.2, 0) is 11.2 Å². The van der Waals surface area contributed by atoms with Crippen LogP contribution in [0.1, 0.15) is 28.9 Å². The molecule has 128 valence electrons. The van der Waals surface area contributed by atoms with Crippen molar-refractivity contribution >= 4 is 28.4 Å². The Bertz CT molecular complexity index is 948. The fraction of sp³-hybridized carbons (Fsp3) is 0.176. The van der Waals surface area contributed by atoms with Crippen LogP contribution in [0, 0.1) is 12.7 Å². The van der Waals surface area contributed by atoms with Crippen LogP contribution in [0.5, 0.6) is 0 Å². The number of carbonyl (C=O) groups excluding carboxylic acids is 2. The molecule has 0 saturated carbocycles. The number of aryl methyl sites for hydroxylation is 1. The van der Waals surface area contributed by atoms with Crippen LogP contribution in [0.25, 0.3) is 11.3 Å². The number of nitrogens with one attached hydrogen (secondary N) is 1. The minimum absolute atomic E-state index is 0.0545. The summed E-state index contributed by atoms with van der Waals surface area (Å²) < 4.78 is 22.9. The number of rotatable bonds is 5. The van der Waals surface area contributed by atoms with Crippen molar-refractivity contribution in [2.24, 2.45) is 0 Å². The van der Waals surface area contributed by atoms with E-state index >= 15 is 0 Å². The number of aromatic nitrogens is 2. The summed E-state index contributed by atoms with van der Waals surface area (Å²) in [5.41, 5.74) is 0.865. The van der Waals surface area contributed by atoms with Gasteiger partial charge in [0, 0.05) is 17.1 Å². The quantitative estimate of drug-likeness (QED) is 0.752. The maximum atomic E-state index is 13.3. The zero-order valence-electron chi connectivity index (χ0n) is 13.5. The van der Waals surface area contributed by atoms with Crippen molar-refractivity contribution in [2.45, 2.75) is 20.3 Å². The van der Waals surface area contributed by atoms with Crippen LogP contribution < -0.4 is 5.32 Å². The molecular formula is C17H14FN3O3S. The molecule has 0 aliphatic heterocycles. The van der Waals surface area contributed by atoms with Gasteiger partial charge >= 0.3 is 0 Å². The van der Waals surface area contributed by atoms with Gasteiger partial charge in [0.1, 0.15) is 23.1 Å². The fourth-order valence-corrected chi connectivity index (χ4v) is 2.84. The molecule has 0 fully saturated rings. The van der Waals surface area contributed by atoms with E-state index in [-0.39, 0.29) is 18.0 Å². The van der Waals surface area contributed by atoms with E-state index in [2.05, 4.69) is 14.7 Å². The number of hydrogen-bond acceptors (Lipinski definition) is 6. The maximum Gasteiger partial charge on any atom is 0.261 e. The predicted molar refractivity (Wildman–Crippen MR) is 91.1 cm³/mol. The molecule has 0 saturated heterocycles. The highest BCUT2D eigenvalue weighted by molar-refractivity contribution is 7.09. The molecular weight excluding hydrogens is 345 g/mol. The Balaban J connectivity index is 1.78. The van der Waals surface area contributed by atoms with E-state index in [1.54, 1.807) is 25.1 Å². The Kier molecular flexibility index (Phi) is 4.71. The lowest BCUT2D eigenvalue weighted by atomic mass is 10.1. The van der Waals surface area contributed by atoms with Gasteiger partial charge in [-0.1, -0.05) is 12.1 Å². The Morgan fingerprint density at radius 2 is 2.12 bits per heavy atom. The van der Waals surface area contributed by atoms with Gasteiger partial charge in [-0.25, -0.2) is 9.37 Å². The molecule has 0 spiro atoms. The highest BCUT2D eigenvalue weighted by Gasteiger charge is 2.18. The van der Waals surface area contributed by atoms with Crippen molar-refractivity contribution in [1.82, 2.24) is 9.36 Å². The first-order valence-electron chi connectivity index (χ1n) is 7.42. The van der Waals surface area contributed by atoms with Crippen LogP contribution in [0.3, 0.4) is 0 Å². The Morgan fingerprint density at radius 1 is 1.32 bits per heavy atom. The van der Waals surface area contributed by atoms with Gasteiger partial charge in [0.2, 0.25) is 5.13 Å². The number of Topliss-reactive ketones (excluding diaryl/α,β-unsaturated/α-hetero) is 1. The van der Waals surface area contributed by atoms with Gasteiger partial charge in [0.05, 0.1) is 12.0 Å². The Labute approximate surface area is 146 Å². The van der Waals surface area contributed by atoms with E-state index in [9.17, 15) is 14.0 Å². The number of hydrogen-bond donors (Lipinski definition) is 1. The molecule has 6 nitrogen and oxygen atoms in total. The summed E-state index contributed by atoms with van der Waals surface area (Å²) in [5, 5.41) is 2.93. The van der Waals surface area contributed by atoms with Crippen LogP contribution in [-0.4, -0.2) is 21.0 Å². The Hall–Kier alpha value is -2.87. The highest BCUT2D eigenvalue weighted by atomic mass is 32.1. The summed E-state index contributed by atoms with van der Waals surface area (Å²) in [6.07, 6.45) is 0.126. The minimum Gasteiger partial charge on any atom is -0.461 e. The Morgan fingerprint density at radius 3 is 2.84 bits per heavy atom. The van der Waals surface area contributed by atoms with Crippen molar-refractivity contribution < 1.29 is 18.4 Å². The molecule has 3 rings (SSSR count). The molecule has 8 heteroatoms. The van der Waals surface area contributed by atoms with Crippen molar-refractivity contribution in [3.8, 4) is 11.3 Å². The molecule has 0 bridgehead atoms. The number of benzene rings is 1. The van der Waals surface area contributed by atoms with E-state index in [4.69, 9.17) is 4.42 Å². The minimum atomic E-state index is -0.408. The topological polar surface area (TPSA) is 85.1 Å². The smallest absolute Gasteiger partial charge is 0.261 e. The second-order valence-electron chi connectivity index (χ2n) is 5.44. The third-order valence-electron chi connectivity index (χ3n) is 3.37. The second-order valence-corrected chi connectivity index (χ2v) is 6.19. The molecule has 2 heterocycles. The standard InChI is InChI=1S/C17H14FN3O3S/c1-9(22)6-15-19-17(25-21-15)20-16(23)13-8-14(24-10(13)2)11-4-3-5-12(18)7-11/h3-5,7-8H,6H2,1-2H3,(H,19,20,21,23). The van der Waals surface area contributed by atoms with Crippen LogP contribution in [0.2, 0.25) is 0 Å². The van der Waals surface area contributed by atoms with E-state index in [1.165, 1.54) is 19.1 Å². The first-order valence-corrected chi connectivity index (χ1v) is 8.19. The van der Waals surface area contributed by atoms with Gasteiger partial charge in [0.25, 0.3) is 5.91 Å². The summed E-state index contributed by atoms with van der Waals surface area (Å²) in [6.45, 7) is 3.10. The number of amides is 1. The number of furan rings is 1. The van der Waals surface area contributed by atoms with Gasteiger partial charge in [0.15, 0.2) is 5.82 Å². The van der Waals surface area contributed by atoms with Crippen molar-refractivity contribution in [1.29, 1.82) is 0 Å². The number of anilines is 1. The normalized spacial score (nSPS) is 10.7. The lowest BCUT2D eigenvalue weighted by molar-refractivity contribution is -0.116. The van der Waals surface area contributed by atoms with Gasteiger partial charge in [-0.3, -0.25) is 14.9 Å². The van der Waals surface area contributed by atoms with E-state index < -0.39 is 5.91 Å². The molecule has 1 amide bonds. The number of nitrogens with zero attached hydrogens (tertiary/aromatic N) is 2. The molecule has 0 aliphatic carbocycles. The monoisotopic (exact) mass is 359 g/mol. The first-order chi connectivity index (χ1) is 11.9. The zero-order chi connectivity index (χ0) is 18.0. The van der Waals surface area contributed by atoms with Gasteiger partial charge in [-0.05, 0) is 32.0 Å². The van der Waals surface area contributed by atoms with Gasteiger partial charge in [-0.15, -0.1) is 0 Å². The molecule has 0 unspecified atom stereocenters. The van der Waals surface area contributed by atoms with Crippen molar-refractivity contribution in [3.05, 3.63) is 53.3 Å². The summed E-state index contributed by atoms with van der Waals surface area (Å²) >= 11 is 1.00. The van der Waals surface area contributed by atoms with E-state index in [0.29, 0.717) is 33.6 Å². The SMILES string of the molecule is CC(=O)Cc1nsc(NC(=O)c2cc(-c3cccc(F)c3)oc2C)n1. The average Bonchev–Trinajstić information content (AvgIpc) is 3.13. The highest BCUT2D eigenvalue weighted by Crippen LogP contribution is 2.26. The lowest BCUT2D eigenvalue weighted by Crippen LogP contribution is -2.12. The summed E-state index contributed by atoms with van der Waals surface area (Å²) in [7, 11) is 0. The molecule has 2 aromatic heterocycles. The first kappa shape index (κ1) is 17.0. The molecule has 25 heavy (non-hydrogen) atoms. The molecule has 3 aromatic rings. The van der Waals surface area contributed by atoms with Gasteiger partial charge < -0.3 is 4.42 Å². The average molecular weight is 359 g/mol.